The normalized spacial score (nSPS) is 12.4. The van der Waals surface area contributed by atoms with Crippen LogP contribution >= 0.6 is 0 Å². The summed E-state index contributed by atoms with van der Waals surface area (Å²) in [6, 6.07) is 19.0. The zero-order chi connectivity index (χ0) is 25.0. The van der Waals surface area contributed by atoms with E-state index >= 15 is 0 Å². The Labute approximate surface area is 214 Å². The van der Waals surface area contributed by atoms with Gasteiger partial charge in [-0.05, 0) is 63.0 Å². The maximum atomic E-state index is 12.7. The van der Waals surface area contributed by atoms with E-state index in [4.69, 9.17) is 0 Å². The largest absolute Gasteiger partial charge is 0.349 e. The molecule has 35 heavy (non-hydrogen) atoms. The van der Waals surface area contributed by atoms with Gasteiger partial charge in [-0.15, -0.1) is 0 Å². The molecule has 0 heterocycles. The van der Waals surface area contributed by atoms with E-state index in [1.54, 1.807) is 0 Å². The molecule has 2 aromatic carbocycles. The predicted molar refractivity (Wildman–Crippen MR) is 152 cm³/mol. The lowest BCUT2D eigenvalue weighted by molar-refractivity contribution is -0.122. The minimum atomic E-state index is 0.0179. The summed E-state index contributed by atoms with van der Waals surface area (Å²) in [6.07, 6.45) is 23.9. The highest BCUT2D eigenvalue weighted by atomic mass is 16.1. The molecule has 0 saturated heterocycles. The topological polar surface area (TPSA) is 29.1 Å². The summed E-state index contributed by atoms with van der Waals surface area (Å²) in [5.41, 5.74) is 3.68. The third-order valence-electron chi connectivity index (χ3n) is 6.45. The van der Waals surface area contributed by atoms with Gasteiger partial charge in [0.05, 0.1) is 6.04 Å². The Bertz CT molecular complexity index is 850. The molecular formula is C33H47NO. The second-order valence-corrected chi connectivity index (χ2v) is 9.70. The molecule has 0 bridgehead atoms. The van der Waals surface area contributed by atoms with E-state index in [2.05, 4.69) is 79.9 Å². The summed E-state index contributed by atoms with van der Waals surface area (Å²) in [7, 11) is 0. The first-order chi connectivity index (χ1) is 17.2. The highest BCUT2D eigenvalue weighted by Crippen LogP contribution is 2.19. The molecule has 2 rings (SSSR count). The first kappa shape index (κ1) is 28.6. The molecule has 0 unspecified atom stereocenters. The van der Waals surface area contributed by atoms with Crippen LogP contribution in [0, 0.1) is 6.92 Å². The molecule has 0 aliphatic rings. The van der Waals surface area contributed by atoms with Crippen molar-refractivity contribution >= 4 is 5.91 Å². The summed E-state index contributed by atoms with van der Waals surface area (Å²) < 4.78 is 0. The number of hydrogen-bond donors (Lipinski definition) is 1. The zero-order valence-electron chi connectivity index (χ0n) is 22.2. The number of rotatable bonds is 18. The van der Waals surface area contributed by atoms with Gasteiger partial charge in [0.2, 0.25) is 5.91 Å². The van der Waals surface area contributed by atoms with E-state index in [9.17, 15) is 4.79 Å². The first-order valence-corrected chi connectivity index (χ1v) is 13.9. The number of amides is 1. The number of nitrogens with one attached hydrogen (secondary N) is 1. The SMILES string of the molecule is CCCCCC=CCC=CCCCCCCCC(=O)N[C@@H](Cc1ccc(C)cc1)c1ccccc1. The first-order valence-electron chi connectivity index (χ1n) is 13.9. The van der Waals surface area contributed by atoms with Crippen LogP contribution in [0.15, 0.2) is 78.9 Å². The molecule has 0 aliphatic heterocycles. The molecular weight excluding hydrogens is 426 g/mol. The standard InChI is InChI=1S/C33H47NO/c1-3-4-5-6-7-8-9-10-11-12-13-14-15-16-20-23-33(35)34-32(31-21-18-17-19-22-31)28-30-26-24-29(2)25-27-30/h7-8,10-11,17-19,21-22,24-27,32H,3-6,9,12-16,20,23,28H2,1-2H3,(H,34,35)/t32-/m0/s1. The molecule has 2 aromatic rings. The minimum absolute atomic E-state index is 0.0179. The van der Waals surface area contributed by atoms with Crippen molar-refractivity contribution in [3.05, 3.63) is 95.6 Å². The Hall–Kier alpha value is -2.61. The number of unbranched alkanes of at least 4 members (excludes halogenated alkanes) is 8. The fourth-order valence-electron chi connectivity index (χ4n) is 4.26. The van der Waals surface area contributed by atoms with Crippen LogP contribution in [0.2, 0.25) is 0 Å². The Balaban J connectivity index is 1.59. The Kier molecular flexibility index (Phi) is 15.3. The van der Waals surface area contributed by atoms with Crippen LogP contribution in [-0.2, 0) is 11.2 Å². The van der Waals surface area contributed by atoms with Gasteiger partial charge in [-0.3, -0.25) is 4.79 Å². The molecule has 1 N–H and O–H groups in total. The molecule has 0 aromatic heterocycles. The number of carbonyl (C=O) groups is 1. The molecule has 1 atom stereocenters. The molecule has 2 nitrogen and oxygen atoms in total. The van der Waals surface area contributed by atoms with Crippen LogP contribution in [0.25, 0.3) is 0 Å². The Morgan fingerprint density at radius 2 is 1.40 bits per heavy atom. The number of benzene rings is 2. The van der Waals surface area contributed by atoms with E-state index in [0.29, 0.717) is 6.42 Å². The van der Waals surface area contributed by atoms with Crippen LogP contribution in [0.3, 0.4) is 0 Å². The fraction of sp³-hybridized carbons (Fsp3) is 0.485. The van der Waals surface area contributed by atoms with Gasteiger partial charge in [-0.25, -0.2) is 0 Å². The smallest absolute Gasteiger partial charge is 0.220 e. The second kappa shape index (κ2) is 18.7. The quantitative estimate of drug-likeness (QED) is 0.170. The lowest BCUT2D eigenvalue weighted by atomic mass is 9.98. The van der Waals surface area contributed by atoms with E-state index in [0.717, 1.165) is 25.7 Å². The van der Waals surface area contributed by atoms with Crippen LogP contribution in [0.4, 0.5) is 0 Å². The number of carbonyl (C=O) groups excluding carboxylic acids is 1. The minimum Gasteiger partial charge on any atom is -0.349 e. The molecule has 0 spiro atoms. The van der Waals surface area contributed by atoms with Crippen molar-refractivity contribution in [3.63, 3.8) is 0 Å². The maximum Gasteiger partial charge on any atom is 0.220 e. The molecule has 0 saturated carbocycles. The molecule has 0 fully saturated rings. The average Bonchev–Trinajstić information content (AvgIpc) is 2.88. The van der Waals surface area contributed by atoms with Gasteiger partial charge in [-0.1, -0.05) is 123 Å². The lowest BCUT2D eigenvalue weighted by Crippen LogP contribution is -2.29. The molecule has 0 radical (unpaired) electrons. The van der Waals surface area contributed by atoms with Crippen LogP contribution < -0.4 is 5.32 Å². The van der Waals surface area contributed by atoms with Gasteiger partial charge in [0.15, 0.2) is 0 Å². The van der Waals surface area contributed by atoms with Crippen LogP contribution in [0.5, 0.6) is 0 Å². The fourth-order valence-corrected chi connectivity index (χ4v) is 4.26. The lowest BCUT2D eigenvalue weighted by Gasteiger charge is -2.20. The third-order valence-corrected chi connectivity index (χ3v) is 6.45. The van der Waals surface area contributed by atoms with Crippen molar-refractivity contribution < 1.29 is 4.79 Å². The molecule has 0 aliphatic carbocycles. The number of aryl methyl sites for hydroxylation is 1. The van der Waals surface area contributed by atoms with Gasteiger partial charge in [0.25, 0.3) is 0 Å². The summed E-state index contributed by atoms with van der Waals surface area (Å²) in [5.74, 6) is 0.164. The summed E-state index contributed by atoms with van der Waals surface area (Å²) in [6.45, 7) is 4.35. The van der Waals surface area contributed by atoms with Crippen molar-refractivity contribution in [3.8, 4) is 0 Å². The Morgan fingerprint density at radius 3 is 2.09 bits per heavy atom. The molecule has 2 heteroatoms. The van der Waals surface area contributed by atoms with Crippen molar-refractivity contribution in [1.29, 1.82) is 0 Å². The van der Waals surface area contributed by atoms with E-state index in [-0.39, 0.29) is 11.9 Å². The van der Waals surface area contributed by atoms with Crippen LogP contribution in [0.1, 0.15) is 107 Å². The van der Waals surface area contributed by atoms with Gasteiger partial charge >= 0.3 is 0 Å². The molecule has 190 valence electrons. The molecule has 1 amide bonds. The second-order valence-electron chi connectivity index (χ2n) is 9.70. The van der Waals surface area contributed by atoms with E-state index in [1.165, 1.54) is 68.1 Å². The van der Waals surface area contributed by atoms with Crippen molar-refractivity contribution in [2.75, 3.05) is 0 Å². The van der Waals surface area contributed by atoms with E-state index in [1.807, 2.05) is 18.2 Å². The predicted octanol–water partition coefficient (Wildman–Crippen LogP) is 9.21. The number of allylic oxidation sites excluding steroid dienone is 4. The maximum absolute atomic E-state index is 12.7. The van der Waals surface area contributed by atoms with Crippen molar-refractivity contribution in [2.45, 2.75) is 103 Å². The summed E-state index contributed by atoms with van der Waals surface area (Å²) in [4.78, 5) is 12.7. The van der Waals surface area contributed by atoms with Crippen molar-refractivity contribution in [1.82, 2.24) is 5.32 Å². The monoisotopic (exact) mass is 473 g/mol. The highest BCUT2D eigenvalue weighted by molar-refractivity contribution is 5.76. The Morgan fingerprint density at radius 1 is 0.771 bits per heavy atom. The van der Waals surface area contributed by atoms with Gasteiger partial charge < -0.3 is 5.32 Å². The van der Waals surface area contributed by atoms with Gasteiger partial charge in [0.1, 0.15) is 0 Å². The average molecular weight is 474 g/mol. The van der Waals surface area contributed by atoms with Crippen molar-refractivity contribution in [2.24, 2.45) is 0 Å². The van der Waals surface area contributed by atoms with Crippen LogP contribution in [-0.4, -0.2) is 5.91 Å². The summed E-state index contributed by atoms with van der Waals surface area (Å²) >= 11 is 0. The van der Waals surface area contributed by atoms with Gasteiger partial charge in [-0.2, -0.15) is 0 Å². The third kappa shape index (κ3) is 13.8. The van der Waals surface area contributed by atoms with E-state index < -0.39 is 0 Å². The summed E-state index contributed by atoms with van der Waals surface area (Å²) in [5, 5.41) is 3.29. The zero-order valence-corrected chi connectivity index (χ0v) is 22.2. The van der Waals surface area contributed by atoms with Gasteiger partial charge in [0, 0.05) is 6.42 Å². The number of hydrogen-bond acceptors (Lipinski definition) is 1. The highest BCUT2D eigenvalue weighted by Gasteiger charge is 2.15.